The van der Waals surface area contributed by atoms with Crippen LogP contribution in [0.15, 0.2) is 42.5 Å². The van der Waals surface area contributed by atoms with E-state index in [2.05, 4.69) is 5.32 Å². The molecule has 0 radical (unpaired) electrons. The maximum absolute atomic E-state index is 13.5. The molecule has 0 aliphatic carbocycles. The van der Waals surface area contributed by atoms with Crippen LogP contribution < -0.4 is 9.62 Å². The Balaban J connectivity index is 2.42. The molecule has 0 fully saturated rings. The van der Waals surface area contributed by atoms with Crippen molar-refractivity contribution in [3.63, 3.8) is 0 Å². The van der Waals surface area contributed by atoms with Gasteiger partial charge in [0.05, 0.1) is 17.0 Å². The lowest BCUT2D eigenvalue weighted by atomic mass is 10.1. The van der Waals surface area contributed by atoms with E-state index < -0.39 is 28.5 Å². The molecule has 0 heterocycles. The fourth-order valence-electron chi connectivity index (χ4n) is 3.16. The van der Waals surface area contributed by atoms with Gasteiger partial charge in [0.2, 0.25) is 21.8 Å². The third kappa shape index (κ3) is 7.77. The van der Waals surface area contributed by atoms with E-state index >= 15 is 0 Å². The highest BCUT2D eigenvalue weighted by Gasteiger charge is 2.31. The van der Waals surface area contributed by atoms with Crippen molar-refractivity contribution in [3.8, 4) is 0 Å². The van der Waals surface area contributed by atoms with Crippen LogP contribution in [0.3, 0.4) is 0 Å². The van der Waals surface area contributed by atoms with E-state index in [1.54, 1.807) is 31.2 Å². The zero-order valence-corrected chi connectivity index (χ0v) is 22.5. The summed E-state index contributed by atoms with van der Waals surface area (Å²) in [5.74, 6) is -0.927. The van der Waals surface area contributed by atoms with Crippen LogP contribution in [0.2, 0.25) is 15.1 Å². The summed E-state index contributed by atoms with van der Waals surface area (Å²) in [7, 11) is -3.89. The normalized spacial score (nSPS) is 13.1. The minimum atomic E-state index is -3.89. The third-order valence-electron chi connectivity index (χ3n) is 5.27. The number of hydrogen-bond acceptors (Lipinski definition) is 4. The molecule has 7 nitrogen and oxygen atoms in total. The van der Waals surface area contributed by atoms with Crippen molar-refractivity contribution >= 4 is 62.3 Å². The van der Waals surface area contributed by atoms with Crippen LogP contribution in [-0.2, 0) is 26.2 Å². The fraction of sp³-hybridized carbons (Fsp3) is 0.391. The third-order valence-corrected chi connectivity index (χ3v) is 7.17. The average Bonchev–Trinajstić information content (AvgIpc) is 2.74. The van der Waals surface area contributed by atoms with Crippen molar-refractivity contribution in [1.29, 1.82) is 0 Å². The highest BCUT2D eigenvalue weighted by atomic mass is 35.5. The van der Waals surface area contributed by atoms with Crippen LogP contribution in [0.4, 0.5) is 5.69 Å². The number of carbonyl (C=O) groups is 2. The number of nitrogens with one attached hydrogen (secondary N) is 1. The van der Waals surface area contributed by atoms with Crippen LogP contribution in [0.25, 0.3) is 0 Å². The van der Waals surface area contributed by atoms with E-state index in [1.807, 2.05) is 13.8 Å². The van der Waals surface area contributed by atoms with Crippen molar-refractivity contribution < 1.29 is 18.0 Å². The van der Waals surface area contributed by atoms with Crippen LogP contribution in [0.1, 0.15) is 32.8 Å². The second-order valence-electron chi connectivity index (χ2n) is 8.01. The molecule has 2 aromatic carbocycles. The van der Waals surface area contributed by atoms with Gasteiger partial charge in [0.1, 0.15) is 12.6 Å². The van der Waals surface area contributed by atoms with Gasteiger partial charge in [-0.05, 0) is 56.2 Å². The minimum Gasteiger partial charge on any atom is -0.352 e. The Labute approximate surface area is 216 Å². The van der Waals surface area contributed by atoms with E-state index in [9.17, 15) is 18.0 Å². The van der Waals surface area contributed by atoms with Gasteiger partial charge in [-0.1, -0.05) is 53.9 Å². The van der Waals surface area contributed by atoms with Crippen LogP contribution in [0, 0.1) is 0 Å². The number of anilines is 1. The van der Waals surface area contributed by atoms with E-state index in [-0.39, 0.29) is 29.2 Å². The molecule has 0 spiro atoms. The van der Waals surface area contributed by atoms with Crippen molar-refractivity contribution in [2.75, 3.05) is 17.1 Å². The second kappa shape index (κ2) is 12.1. The number of hydrogen-bond donors (Lipinski definition) is 1. The Morgan fingerprint density at radius 2 is 1.68 bits per heavy atom. The molecule has 2 rings (SSSR count). The predicted molar refractivity (Wildman–Crippen MR) is 138 cm³/mol. The van der Waals surface area contributed by atoms with Gasteiger partial charge in [0.25, 0.3) is 0 Å². The van der Waals surface area contributed by atoms with Gasteiger partial charge in [-0.25, -0.2) is 8.42 Å². The molecular weight excluding hydrogens is 521 g/mol. The van der Waals surface area contributed by atoms with Gasteiger partial charge in [-0.3, -0.25) is 13.9 Å². The maximum atomic E-state index is 13.5. The lowest BCUT2D eigenvalue weighted by Crippen LogP contribution is -2.52. The van der Waals surface area contributed by atoms with E-state index in [0.29, 0.717) is 15.6 Å². The van der Waals surface area contributed by atoms with Crippen LogP contribution in [0.5, 0.6) is 0 Å². The molecule has 186 valence electrons. The molecule has 0 bridgehead atoms. The smallest absolute Gasteiger partial charge is 0.244 e. The van der Waals surface area contributed by atoms with Crippen LogP contribution >= 0.6 is 34.8 Å². The van der Waals surface area contributed by atoms with E-state index in [4.69, 9.17) is 34.8 Å². The molecule has 11 heteroatoms. The summed E-state index contributed by atoms with van der Waals surface area (Å²) in [5.41, 5.74) is 0.806. The Morgan fingerprint density at radius 3 is 2.24 bits per heavy atom. The van der Waals surface area contributed by atoms with Crippen LogP contribution in [-0.4, -0.2) is 50.0 Å². The first kappa shape index (κ1) is 28.2. The van der Waals surface area contributed by atoms with Crippen molar-refractivity contribution in [3.05, 3.63) is 63.1 Å². The lowest BCUT2D eigenvalue weighted by Gasteiger charge is -2.32. The summed E-state index contributed by atoms with van der Waals surface area (Å²) in [5, 5.41) is 3.75. The Hall–Kier alpha value is -2.00. The van der Waals surface area contributed by atoms with Crippen molar-refractivity contribution in [2.24, 2.45) is 0 Å². The number of halogens is 3. The molecule has 34 heavy (non-hydrogen) atoms. The standard InChI is InChI=1S/C23H28Cl3N3O4S/c1-5-15(2)27-23(31)16(3)28(13-17-7-6-8-18(24)11-17)22(30)14-29(34(4,32)33)21-10-9-19(25)12-20(21)26/h6-12,15-16H,5,13-14H2,1-4H3,(H,27,31)/t15-,16+/m0/s1. The van der Waals surface area contributed by atoms with Gasteiger partial charge >= 0.3 is 0 Å². The van der Waals surface area contributed by atoms with Crippen molar-refractivity contribution in [1.82, 2.24) is 10.2 Å². The van der Waals surface area contributed by atoms with E-state index in [1.165, 1.54) is 23.1 Å². The highest BCUT2D eigenvalue weighted by molar-refractivity contribution is 7.92. The fourth-order valence-corrected chi connectivity index (χ4v) is 4.79. The first-order valence-corrected chi connectivity index (χ1v) is 13.6. The molecular formula is C23H28Cl3N3O4S. The van der Waals surface area contributed by atoms with Gasteiger partial charge < -0.3 is 10.2 Å². The number of carbonyl (C=O) groups excluding carboxylic acids is 2. The maximum Gasteiger partial charge on any atom is 0.244 e. The summed E-state index contributed by atoms with van der Waals surface area (Å²) < 4.78 is 26.1. The van der Waals surface area contributed by atoms with Crippen molar-refractivity contribution in [2.45, 2.75) is 45.8 Å². The summed E-state index contributed by atoms with van der Waals surface area (Å²) in [6.45, 7) is 4.90. The average molecular weight is 549 g/mol. The molecule has 0 aromatic heterocycles. The minimum absolute atomic E-state index is 0.0560. The van der Waals surface area contributed by atoms with E-state index in [0.717, 1.165) is 17.0 Å². The predicted octanol–water partition coefficient (Wildman–Crippen LogP) is 4.74. The monoisotopic (exact) mass is 547 g/mol. The second-order valence-corrected chi connectivity index (χ2v) is 11.2. The number of sulfonamides is 1. The molecule has 0 aliphatic rings. The number of nitrogens with zero attached hydrogens (tertiary/aromatic N) is 2. The number of benzene rings is 2. The zero-order chi connectivity index (χ0) is 25.6. The Morgan fingerprint density at radius 1 is 1.03 bits per heavy atom. The Bertz CT molecular complexity index is 1140. The first-order chi connectivity index (χ1) is 15.8. The summed E-state index contributed by atoms with van der Waals surface area (Å²) in [6.07, 6.45) is 1.70. The summed E-state index contributed by atoms with van der Waals surface area (Å²) in [6, 6.07) is 10.2. The number of rotatable bonds is 10. The lowest BCUT2D eigenvalue weighted by molar-refractivity contribution is -0.139. The SMILES string of the molecule is CC[C@H](C)NC(=O)[C@@H](C)N(Cc1cccc(Cl)c1)C(=O)CN(c1ccc(Cl)cc1Cl)S(C)(=O)=O. The van der Waals surface area contributed by atoms with Gasteiger partial charge in [-0.15, -0.1) is 0 Å². The topological polar surface area (TPSA) is 86.8 Å². The van der Waals surface area contributed by atoms with Gasteiger partial charge in [-0.2, -0.15) is 0 Å². The number of amides is 2. The van der Waals surface area contributed by atoms with Gasteiger partial charge in [0.15, 0.2) is 0 Å². The first-order valence-electron chi connectivity index (χ1n) is 10.6. The molecule has 2 aromatic rings. The molecule has 0 saturated carbocycles. The molecule has 0 aliphatic heterocycles. The molecule has 0 saturated heterocycles. The quantitative estimate of drug-likeness (QED) is 0.464. The Kier molecular flexibility index (Phi) is 10.1. The molecule has 2 amide bonds. The van der Waals surface area contributed by atoms with Gasteiger partial charge in [0, 0.05) is 22.6 Å². The summed E-state index contributed by atoms with van der Waals surface area (Å²) >= 11 is 18.3. The zero-order valence-electron chi connectivity index (χ0n) is 19.4. The molecule has 0 unspecified atom stereocenters. The summed E-state index contributed by atoms with van der Waals surface area (Å²) in [4.78, 5) is 27.7. The largest absolute Gasteiger partial charge is 0.352 e. The highest BCUT2D eigenvalue weighted by Crippen LogP contribution is 2.30. The molecule has 2 atom stereocenters. The molecule has 1 N–H and O–H groups in total.